The summed E-state index contributed by atoms with van der Waals surface area (Å²) in [6.45, 7) is 0.240. The van der Waals surface area contributed by atoms with Crippen LogP contribution in [0, 0.1) is 27.4 Å². The van der Waals surface area contributed by atoms with Crippen molar-refractivity contribution in [2.75, 3.05) is 0 Å². The van der Waals surface area contributed by atoms with E-state index in [9.17, 15) is 5.11 Å². The number of nitriles is 2. The molecule has 2 aromatic carbocycles. The van der Waals surface area contributed by atoms with Crippen LogP contribution >= 0.6 is 81.8 Å². The molecule has 3 aromatic rings. The van der Waals surface area contributed by atoms with Gasteiger partial charge < -0.3 is 10.1 Å². The molecular weight excluding hydrogens is 595 g/mol. The lowest BCUT2D eigenvalue weighted by atomic mass is 9.89. The summed E-state index contributed by atoms with van der Waals surface area (Å²) in [4.78, 5) is 2.19. The highest BCUT2D eigenvalue weighted by molar-refractivity contribution is 7.71. The number of alkyl halides is 1. The second-order valence-electron chi connectivity index (χ2n) is 7.75. The average molecular weight is 610 g/mol. The molecule has 35 heavy (non-hydrogen) atoms. The third-order valence-electron chi connectivity index (χ3n) is 5.48. The fourth-order valence-corrected chi connectivity index (χ4v) is 5.02. The van der Waals surface area contributed by atoms with Crippen LogP contribution in [0.25, 0.3) is 0 Å². The van der Waals surface area contributed by atoms with Gasteiger partial charge in [-0.15, -0.1) is 11.6 Å². The summed E-state index contributed by atoms with van der Waals surface area (Å²) >= 11 is 40.7. The van der Waals surface area contributed by atoms with E-state index in [2.05, 4.69) is 10.1 Å². The minimum absolute atomic E-state index is 0.0363. The van der Waals surface area contributed by atoms with Gasteiger partial charge in [-0.3, -0.25) is 0 Å². The van der Waals surface area contributed by atoms with E-state index in [0.717, 1.165) is 18.4 Å². The minimum Gasteiger partial charge on any atom is -0.386 e. The smallest absolute Gasteiger partial charge is 0.195 e. The van der Waals surface area contributed by atoms with Gasteiger partial charge in [-0.1, -0.05) is 76.2 Å². The van der Waals surface area contributed by atoms with Crippen molar-refractivity contribution in [3.05, 3.63) is 77.2 Å². The Hall–Kier alpha value is -1.52. The van der Waals surface area contributed by atoms with Gasteiger partial charge in [-0.25, -0.2) is 4.68 Å². The van der Waals surface area contributed by atoms with E-state index in [1.807, 2.05) is 24.3 Å². The number of nitrogens with one attached hydrogen (secondary N) is 1. The third kappa shape index (κ3) is 5.91. The summed E-state index contributed by atoms with van der Waals surface area (Å²) in [5.74, 6) is 0. The number of H-pyrrole nitrogens is 1. The molecule has 1 aromatic heterocycles. The quantitative estimate of drug-likeness (QED) is 0.136. The molecular formula is C22H15Cl6N5OS. The van der Waals surface area contributed by atoms with E-state index < -0.39 is 10.5 Å². The molecule has 0 bridgehead atoms. The van der Waals surface area contributed by atoms with Crippen molar-refractivity contribution in [2.45, 2.75) is 36.3 Å². The fourth-order valence-electron chi connectivity index (χ4n) is 3.36. The summed E-state index contributed by atoms with van der Waals surface area (Å²) in [7, 11) is 0. The lowest BCUT2D eigenvalue weighted by Gasteiger charge is -2.33. The molecule has 0 amide bonds. The van der Waals surface area contributed by atoms with E-state index in [4.69, 9.17) is 92.3 Å². The second kappa shape index (κ2) is 11.3. The predicted octanol–water partition coefficient (Wildman–Crippen LogP) is 7.38. The molecule has 0 aliphatic heterocycles. The molecule has 1 fully saturated rings. The van der Waals surface area contributed by atoms with E-state index >= 15 is 0 Å². The summed E-state index contributed by atoms with van der Waals surface area (Å²) in [5, 5.41) is 33.1. The molecule has 0 saturated heterocycles. The van der Waals surface area contributed by atoms with Crippen LogP contribution in [0.2, 0.25) is 25.1 Å². The number of aliphatic hydroxyl groups is 1. The van der Waals surface area contributed by atoms with E-state index in [-0.39, 0.29) is 37.8 Å². The third-order valence-corrected chi connectivity index (χ3v) is 8.61. The zero-order valence-corrected chi connectivity index (χ0v) is 23.0. The predicted molar refractivity (Wildman–Crippen MR) is 141 cm³/mol. The molecule has 0 radical (unpaired) electrons. The van der Waals surface area contributed by atoms with Crippen molar-refractivity contribution in [3.63, 3.8) is 0 Å². The maximum atomic E-state index is 11.2. The van der Waals surface area contributed by atoms with Gasteiger partial charge in [0.25, 0.3) is 0 Å². The number of hydrogen-bond acceptors (Lipinski definition) is 5. The molecule has 1 atom stereocenters. The van der Waals surface area contributed by atoms with E-state index in [1.165, 1.54) is 6.33 Å². The van der Waals surface area contributed by atoms with Crippen LogP contribution in [0.5, 0.6) is 0 Å². The Balaban J connectivity index is 0.000000214. The first-order chi connectivity index (χ1) is 16.5. The Kier molecular flexibility index (Phi) is 9.02. The highest BCUT2D eigenvalue weighted by Gasteiger charge is 2.58. The van der Waals surface area contributed by atoms with Gasteiger partial charge >= 0.3 is 0 Å². The fraction of sp³-hybridized carbons (Fsp3) is 0.273. The Morgan fingerprint density at radius 3 is 2.06 bits per heavy atom. The van der Waals surface area contributed by atoms with Gasteiger partial charge in [-0.05, 0) is 36.7 Å². The zero-order chi connectivity index (χ0) is 26.0. The Bertz CT molecular complexity index is 1360. The SMILES string of the molecule is N#Cc1c(Cl)c(Cl)c(Cl)c(C#N)c1Cl.OC(Cc1ccccc1Cl)(Cn1nc[nH]c1=S)C1(Cl)CC1. The molecule has 1 aliphatic carbocycles. The molecule has 4 rings (SSSR count). The van der Waals surface area contributed by atoms with Gasteiger partial charge in [0.2, 0.25) is 0 Å². The van der Waals surface area contributed by atoms with Crippen molar-refractivity contribution >= 4 is 81.8 Å². The van der Waals surface area contributed by atoms with E-state index in [1.54, 1.807) is 16.8 Å². The lowest BCUT2D eigenvalue weighted by Crippen LogP contribution is -2.47. The van der Waals surface area contributed by atoms with E-state index in [0.29, 0.717) is 16.2 Å². The highest BCUT2D eigenvalue weighted by Crippen LogP contribution is 2.53. The van der Waals surface area contributed by atoms with Crippen LogP contribution < -0.4 is 0 Å². The monoisotopic (exact) mass is 607 g/mol. The number of aromatic nitrogens is 3. The first-order valence-electron chi connectivity index (χ1n) is 9.89. The number of nitrogens with zero attached hydrogens (tertiary/aromatic N) is 4. The van der Waals surface area contributed by atoms with Gasteiger partial charge in [0.15, 0.2) is 4.77 Å². The topological polar surface area (TPSA) is 101 Å². The molecule has 1 heterocycles. The van der Waals surface area contributed by atoms with Crippen molar-refractivity contribution in [2.24, 2.45) is 0 Å². The van der Waals surface area contributed by atoms with Crippen LogP contribution in [0.15, 0.2) is 30.6 Å². The molecule has 2 N–H and O–H groups in total. The molecule has 1 unspecified atom stereocenters. The summed E-state index contributed by atoms with van der Waals surface area (Å²) in [5.41, 5.74) is -0.360. The molecule has 0 spiro atoms. The van der Waals surface area contributed by atoms with Crippen LogP contribution in [-0.2, 0) is 13.0 Å². The standard InChI is InChI=1S/C14H15Cl2N3OS.C8Cl4N2/c15-11-4-2-1-3-10(11)7-14(20,13(16)5-6-13)8-19-12(21)17-9-18-19;9-5-3(1-13)6(10)8(12)7(11)4(5)2-14/h1-4,9,20H,5-8H2,(H,17,18,21);. The zero-order valence-electron chi connectivity index (χ0n) is 17.6. The Labute approximate surface area is 236 Å². The van der Waals surface area contributed by atoms with Gasteiger partial charge in [0, 0.05) is 11.4 Å². The summed E-state index contributed by atoms with van der Waals surface area (Å²) in [6, 6.07) is 11.0. The van der Waals surface area contributed by atoms with Gasteiger partial charge in [-0.2, -0.15) is 15.6 Å². The summed E-state index contributed by atoms with van der Waals surface area (Å²) < 4.78 is 2.03. The minimum atomic E-state index is -1.15. The lowest BCUT2D eigenvalue weighted by molar-refractivity contribution is 0.00728. The first kappa shape index (κ1) is 28.1. The number of aromatic amines is 1. The molecule has 6 nitrogen and oxygen atoms in total. The van der Waals surface area contributed by atoms with Crippen LogP contribution in [0.3, 0.4) is 0 Å². The average Bonchev–Trinajstić information content (AvgIpc) is 3.47. The van der Waals surface area contributed by atoms with Crippen molar-refractivity contribution in [3.8, 4) is 12.1 Å². The van der Waals surface area contributed by atoms with Crippen molar-refractivity contribution < 1.29 is 5.11 Å². The van der Waals surface area contributed by atoms with Crippen molar-refractivity contribution in [1.82, 2.24) is 14.8 Å². The number of hydrogen-bond donors (Lipinski definition) is 2. The number of halogens is 6. The van der Waals surface area contributed by atoms with Crippen molar-refractivity contribution in [1.29, 1.82) is 10.5 Å². The maximum Gasteiger partial charge on any atom is 0.195 e. The largest absolute Gasteiger partial charge is 0.386 e. The summed E-state index contributed by atoms with van der Waals surface area (Å²) in [6.07, 6.45) is 3.41. The van der Waals surface area contributed by atoms with Gasteiger partial charge in [0.1, 0.15) is 24.1 Å². The molecule has 1 saturated carbocycles. The van der Waals surface area contributed by atoms with Crippen LogP contribution in [0.1, 0.15) is 29.5 Å². The number of benzene rings is 2. The molecule has 1 aliphatic rings. The van der Waals surface area contributed by atoms with Crippen LogP contribution in [0.4, 0.5) is 0 Å². The maximum absolute atomic E-state index is 11.2. The van der Waals surface area contributed by atoms with Gasteiger partial charge in [0.05, 0.1) is 42.6 Å². The Morgan fingerprint density at radius 1 is 1.03 bits per heavy atom. The highest BCUT2D eigenvalue weighted by atomic mass is 35.5. The number of rotatable bonds is 5. The first-order valence-corrected chi connectivity index (χ1v) is 12.6. The van der Waals surface area contributed by atoms with Crippen LogP contribution in [-0.4, -0.2) is 30.3 Å². The molecule has 13 heteroatoms. The normalized spacial score (nSPS) is 15.2. The second-order valence-corrected chi connectivity index (χ2v) is 10.8. The Morgan fingerprint density at radius 2 is 1.60 bits per heavy atom. The molecule has 182 valence electrons.